The molecule has 72 valence electrons. The lowest BCUT2D eigenvalue weighted by Gasteiger charge is -1.99. The van der Waals surface area contributed by atoms with Gasteiger partial charge in [0.2, 0.25) is 0 Å². The average molecular weight is 161 g/mol. The van der Waals surface area contributed by atoms with E-state index in [1.807, 2.05) is 13.8 Å². The minimum atomic E-state index is 0. The minimum absolute atomic E-state index is 0. The third-order valence-electron chi connectivity index (χ3n) is 1.41. The first-order valence-corrected chi connectivity index (χ1v) is 5.12. The van der Waals surface area contributed by atoms with Gasteiger partial charge in [0.25, 0.3) is 0 Å². The lowest BCUT2D eigenvalue weighted by Crippen LogP contribution is -2.15. The topological polar surface area (TPSA) is 12.0 Å². The summed E-state index contributed by atoms with van der Waals surface area (Å²) in [6.07, 6.45) is 5.26. The monoisotopic (exact) mass is 161 g/mol. The molecule has 0 aliphatic carbocycles. The first-order chi connectivity index (χ1) is 5.41. The Kier molecular flexibility index (Phi) is 20.3. The fourth-order valence-electron chi connectivity index (χ4n) is 0.729. The highest BCUT2D eigenvalue weighted by Crippen LogP contribution is 1.85. The lowest BCUT2D eigenvalue weighted by molar-refractivity contribution is 0.611. The molecule has 0 fully saturated rings. The van der Waals surface area contributed by atoms with Crippen LogP contribution in [0.25, 0.3) is 0 Å². The second-order valence-corrected chi connectivity index (χ2v) is 2.46. The smallest absolute Gasteiger partial charge is 0 e. The van der Waals surface area contributed by atoms with Gasteiger partial charge in [0.05, 0.1) is 0 Å². The third kappa shape index (κ3) is 17.8. The molecule has 11 heavy (non-hydrogen) atoms. The molecule has 0 aromatic rings. The van der Waals surface area contributed by atoms with Crippen molar-refractivity contribution in [1.29, 1.82) is 0 Å². The van der Waals surface area contributed by atoms with E-state index in [2.05, 4.69) is 19.2 Å². The quantitative estimate of drug-likeness (QED) is 0.588. The van der Waals surface area contributed by atoms with Crippen LogP contribution in [-0.2, 0) is 0 Å². The van der Waals surface area contributed by atoms with Crippen molar-refractivity contribution in [2.24, 2.45) is 0 Å². The van der Waals surface area contributed by atoms with Crippen molar-refractivity contribution in [1.82, 2.24) is 5.32 Å². The normalized spacial score (nSPS) is 8.73. The summed E-state index contributed by atoms with van der Waals surface area (Å²) in [5.41, 5.74) is 0. The maximum atomic E-state index is 3.39. The summed E-state index contributed by atoms with van der Waals surface area (Å²) in [6.45, 7) is 10.9. The summed E-state index contributed by atoms with van der Waals surface area (Å²) in [7, 11) is 0. The summed E-state index contributed by atoms with van der Waals surface area (Å²) in [6, 6.07) is 0. The van der Waals surface area contributed by atoms with Crippen LogP contribution in [0.2, 0.25) is 0 Å². The Labute approximate surface area is 74.1 Å². The summed E-state index contributed by atoms with van der Waals surface area (Å²) in [5.74, 6) is 0. The van der Waals surface area contributed by atoms with Gasteiger partial charge in [-0.15, -0.1) is 0 Å². The molecule has 1 N–H and O–H groups in total. The zero-order valence-corrected chi connectivity index (χ0v) is 8.74. The van der Waals surface area contributed by atoms with Crippen molar-refractivity contribution in [2.75, 3.05) is 13.1 Å². The van der Waals surface area contributed by atoms with Gasteiger partial charge in [0.1, 0.15) is 0 Å². The van der Waals surface area contributed by atoms with Crippen molar-refractivity contribution in [3.8, 4) is 0 Å². The molecule has 0 unspecified atom stereocenters. The molecule has 0 aromatic carbocycles. The van der Waals surface area contributed by atoms with E-state index in [4.69, 9.17) is 0 Å². The van der Waals surface area contributed by atoms with Gasteiger partial charge in [-0.2, -0.15) is 0 Å². The molecule has 0 saturated carbocycles. The Bertz CT molecular complexity index is 43.1. The summed E-state index contributed by atoms with van der Waals surface area (Å²) in [4.78, 5) is 0. The Hall–Kier alpha value is -0.0400. The van der Waals surface area contributed by atoms with Crippen LogP contribution in [0.3, 0.4) is 0 Å². The summed E-state index contributed by atoms with van der Waals surface area (Å²) < 4.78 is 0. The SMILES string of the molecule is CC.CCCCNCCCC.[HH]. The molecule has 0 rings (SSSR count). The molecule has 1 nitrogen and oxygen atoms in total. The molecule has 0 spiro atoms. The second kappa shape index (κ2) is 16.5. The second-order valence-electron chi connectivity index (χ2n) is 2.46. The average Bonchev–Trinajstić information content (AvgIpc) is 2.08. The number of hydrogen-bond donors (Lipinski definition) is 1. The van der Waals surface area contributed by atoms with Crippen molar-refractivity contribution in [3.63, 3.8) is 0 Å². The molecule has 1 heteroatoms. The Morgan fingerprint density at radius 1 is 0.909 bits per heavy atom. The molecule has 0 aromatic heterocycles. The van der Waals surface area contributed by atoms with E-state index in [9.17, 15) is 0 Å². The fraction of sp³-hybridized carbons (Fsp3) is 1.00. The predicted molar refractivity (Wildman–Crippen MR) is 56.1 cm³/mol. The Balaban J connectivity index is -0.000000249. The molecule has 0 heterocycles. The zero-order valence-electron chi connectivity index (χ0n) is 8.74. The molecular weight excluding hydrogens is 134 g/mol. The molecule has 0 amide bonds. The predicted octanol–water partition coefficient (Wildman–Crippen LogP) is 3.45. The van der Waals surface area contributed by atoms with E-state index in [1.165, 1.54) is 38.8 Å². The number of rotatable bonds is 6. The van der Waals surface area contributed by atoms with Crippen LogP contribution in [-0.4, -0.2) is 13.1 Å². The summed E-state index contributed by atoms with van der Waals surface area (Å²) >= 11 is 0. The zero-order chi connectivity index (χ0) is 8.95. The number of nitrogens with one attached hydrogen (secondary N) is 1. The van der Waals surface area contributed by atoms with Crippen LogP contribution in [0, 0.1) is 0 Å². The van der Waals surface area contributed by atoms with E-state index < -0.39 is 0 Å². The van der Waals surface area contributed by atoms with Crippen LogP contribution in [0.1, 0.15) is 54.8 Å². The van der Waals surface area contributed by atoms with Crippen molar-refractivity contribution in [3.05, 3.63) is 0 Å². The molecule has 0 aliphatic heterocycles. The van der Waals surface area contributed by atoms with Crippen LogP contribution >= 0.6 is 0 Å². The lowest BCUT2D eigenvalue weighted by atomic mass is 10.3. The molecular formula is C10H27N. The third-order valence-corrected chi connectivity index (χ3v) is 1.41. The number of unbranched alkanes of at least 4 members (excludes halogenated alkanes) is 2. The highest BCUT2D eigenvalue weighted by molar-refractivity contribution is 4.45. The molecule has 0 bridgehead atoms. The van der Waals surface area contributed by atoms with Gasteiger partial charge in [-0.3, -0.25) is 0 Å². The van der Waals surface area contributed by atoms with Crippen LogP contribution in [0.4, 0.5) is 0 Å². The van der Waals surface area contributed by atoms with Crippen molar-refractivity contribution < 1.29 is 1.43 Å². The Morgan fingerprint density at radius 2 is 1.27 bits per heavy atom. The first kappa shape index (κ1) is 13.5. The Morgan fingerprint density at radius 3 is 1.55 bits per heavy atom. The van der Waals surface area contributed by atoms with E-state index >= 15 is 0 Å². The highest BCUT2D eigenvalue weighted by atomic mass is 14.8. The standard InChI is InChI=1S/C8H19N.C2H6.H2/c1-3-5-7-9-8-6-4-2;1-2;/h9H,3-8H2,1-2H3;1-2H3;1H. The van der Waals surface area contributed by atoms with Gasteiger partial charge < -0.3 is 5.32 Å². The highest BCUT2D eigenvalue weighted by Gasteiger charge is 1.83. The number of hydrogen-bond acceptors (Lipinski definition) is 1. The van der Waals surface area contributed by atoms with Crippen LogP contribution in [0.15, 0.2) is 0 Å². The van der Waals surface area contributed by atoms with E-state index in [-0.39, 0.29) is 1.43 Å². The van der Waals surface area contributed by atoms with Crippen LogP contribution in [0.5, 0.6) is 0 Å². The molecule has 0 radical (unpaired) electrons. The van der Waals surface area contributed by atoms with E-state index in [0.717, 1.165) is 0 Å². The van der Waals surface area contributed by atoms with Gasteiger partial charge in [-0.1, -0.05) is 40.5 Å². The maximum Gasteiger partial charge on any atom is 0 e. The largest absolute Gasteiger partial charge is 0.317 e. The van der Waals surface area contributed by atoms with E-state index in [1.54, 1.807) is 0 Å². The van der Waals surface area contributed by atoms with Gasteiger partial charge in [0.15, 0.2) is 0 Å². The van der Waals surface area contributed by atoms with Gasteiger partial charge in [-0.05, 0) is 25.9 Å². The van der Waals surface area contributed by atoms with Gasteiger partial charge >= 0.3 is 0 Å². The van der Waals surface area contributed by atoms with Crippen LogP contribution < -0.4 is 5.32 Å². The minimum Gasteiger partial charge on any atom is -0.317 e. The van der Waals surface area contributed by atoms with Crippen molar-refractivity contribution >= 4 is 0 Å². The molecule has 0 aliphatic rings. The van der Waals surface area contributed by atoms with E-state index in [0.29, 0.717) is 0 Å². The maximum absolute atomic E-state index is 3.39. The summed E-state index contributed by atoms with van der Waals surface area (Å²) in [5, 5.41) is 3.39. The molecule has 0 atom stereocenters. The van der Waals surface area contributed by atoms with Crippen molar-refractivity contribution in [2.45, 2.75) is 53.4 Å². The van der Waals surface area contributed by atoms with Gasteiger partial charge in [0, 0.05) is 1.43 Å². The molecule has 0 saturated heterocycles. The van der Waals surface area contributed by atoms with Gasteiger partial charge in [-0.25, -0.2) is 0 Å². The first-order valence-electron chi connectivity index (χ1n) is 5.12. The fourth-order valence-corrected chi connectivity index (χ4v) is 0.729.